The van der Waals surface area contributed by atoms with Crippen LogP contribution in [0, 0.1) is 0 Å². The summed E-state index contributed by atoms with van der Waals surface area (Å²) in [5.41, 5.74) is 2.12. The van der Waals surface area contributed by atoms with Crippen molar-refractivity contribution >= 4 is 33.4 Å². The van der Waals surface area contributed by atoms with E-state index in [0.717, 1.165) is 41.4 Å². The van der Waals surface area contributed by atoms with Crippen molar-refractivity contribution in [1.29, 1.82) is 0 Å². The molecule has 1 saturated carbocycles. The molecule has 25 heavy (non-hydrogen) atoms. The van der Waals surface area contributed by atoms with Crippen molar-refractivity contribution in [2.45, 2.75) is 37.8 Å². The Balaban J connectivity index is 1.71. The molecule has 1 N–H and O–H groups in total. The summed E-state index contributed by atoms with van der Waals surface area (Å²) < 4.78 is 0.937. The molecule has 1 atom stereocenters. The number of carbonyl (C=O) groups excluding carboxylic acids is 2. The van der Waals surface area contributed by atoms with Crippen molar-refractivity contribution < 1.29 is 9.59 Å². The van der Waals surface area contributed by atoms with Crippen LogP contribution in [-0.2, 0) is 4.79 Å². The van der Waals surface area contributed by atoms with Gasteiger partial charge in [-0.25, -0.2) is 0 Å². The van der Waals surface area contributed by atoms with Crippen LogP contribution in [-0.4, -0.2) is 17.9 Å². The summed E-state index contributed by atoms with van der Waals surface area (Å²) in [6.45, 7) is 0. The number of amides is 2. The van der Waals surface area contributed by atoms with Gasteiger partial charge >= 0.3 is 0 Å². The molecule has 1 aliphatic carbocycles. The van der Waals surface area contributed by atoms with Gasteiger partial charge in [-0.3, -0.25) is 14.5 Å². The molecule has 2 aliphatic rings. The number of hydrogen-bond acceptors (Lipinski definition) is 2. The number of nitrogens with one attached hydrogen (secondary N) is 1. The smallest absolute Gasteiger partial charge is 0.259 e. The van der Waals surface area contributed by atoms with Crippen LogP contribution in [0.5, 0.6) is 0 Å². The molecule has 0 bridgehead atoms. The highest BCUT2D eigenvalue weighted by molar-refractivity contribution is 9.10. The third-order valence-electron chi connectivity index (χ3n) is 5.02. The summed E-state index contributed by atoms with van der Waals surface area (Å²) in [4.78, 5) is 27.6. The third-order valence-corrected chi connectivity index (χ3v) is 5.55. The van der Waals surface area contributed by atoms with E-state index in [4.69, 9.17) is 0 Å². The molecule has 0 spiro atoms. The predicted molar refractivity (Wildman–Crippen MR) is 101 cm³/mol. The molecule has 0 saturated heterocycles. The molecule has 0 radical (unpaired) electrons. The number of anilines is 1. The van der Waals surface area contributed by atoms with E-state index in [9.17, 15) is 9.59 Å². The standard InChI is InChI=1S/C20H19BrN2O2/c21-13-9-11-15(12-10-13)23-18(19(24)22-14-5-1-2-6-14)16-7-3-4-8-17(16)20(23)25/h3-4,7-12,14,18H,1-2,5-6H2,(H,22,24)/t18-/m1/s1. The van der Waals surface area contributed by atoms with Gasteiger partial charge < -0.3 is 5.32 Å². The molecule has 0 unspecified atom stereocenters. The van der Waals surface area contributed by atoms with Gasteiger partial charge in [0.05, 0.1) is 0 Å². The Hall–Kier alpha value is -2.14. The molecule has 1 fully saturated rings. The van der Waals surface area contributed by atoms with Crippen LogP contribution in [0.25, 0.3) is 0 Å². The van der Waals surface area contributed by atoms with Gasteiger partial charge in [0.25, 0.3) is 5.91 Å². The van der Waals surface area contributed by atoms with Gasteiger partial charge in [0.2, 0.25) is 5.91 Å². The van der Waals surface area contributed by atoms with Crippen molar-refractivity contribution in [3.05, 3.63) is 64.1 Å². The van der Waals surface area contributed by atoms with Gasteiger partial charge in [0.15, 0.2) is 0 Å². The lowest BCUT2D eigenvalue weighted by atomic mass is 10.0. The zero-order valence-electron chi connectivity index (χ0n) is 13.7. The third kappa shape index (κ3) is 2.97. The topological polar surface area (TPSA) is 49.4 Å². The number of benzene rings is 2. The van der Waals surface area contributed by atoms with E-state index < -0.39 is 6.04 Å². The Labute approximate surface area is 155 Å². The zero-order valence-corrected chi connectivity index (χ0v) is 15.3. The first kappa shape index (κ1) is 16.3. The minimum atomic E-state index is -0.606. The Bertz CT molecular complexity index is 813. The Morgan fingerprint density at radius 1 is 1.04 bits per heavy atom. The molecule has 2 aromatic carbocycles. The maximum absolute atomic E-state index is 13.0. The number of halogens is 1. The van der Waals surface area contributed by atoms with Gasteiger partial charge in [-0.2, -0.15) is 0 Å². The van der Waals surface area contributed by atoms with Gasteiger partial charge in [0, 0.05) is 21.8 Å². The van der Waals surface area contributed by atoms with Crippen LogP contribution in [0.4, 0.5) is 5.69 Å². The first-order valence-corrected chi connectivity index (χ1v) is 9.43. The molecule has 1 heterocycles. The van der Waals surface area contributed by atoms with Crippen molar-refractivity contribution in [3.63, 3.8) is 0 Å². The Morgan fingerprint density at radius 2 is 1.72 bits per heavy atom. The Kier molecular flexibility index (Phi) is 4.34. The SMILES string of the molecule is O=C(NC1CCCC1)[C@H]1c2ccccc2C(=O)N1c1ccc(Br)cc1. The molecule has 0 aromatic heterocycles. The number of nitrogens with zero attached hydrogens (tertiary/aromatic N) is 1. The number of fused-ring (bicyclic) bond motifs is 1. The van der Waals surface area contributed by atoms with Gasteiger partial charge in [-0.05, 0) is 48.7 Å². The largest absolute Gasteiger partial charge is 0.351 e. The summed E-state index contributed by atoms with van der Waals surface area (Å²) in [7, 11) is 0. The van der Waals surface area contributed by atoms with Crippen LogP contribution in [0.2, 0.25) is 0 Å². The fourth-order valence-corrected chi connectivity index (χ4v) is 4.06. The highest BCUT2D eigenvalue weighted by atomic mass is 79.9. The Morgan fingerprint density at radius 3 is 2.44 bits per heavy atom. The second-order valence-corrected chi connectivity index (χ2v) is 7.55. The fourth-order valence-electron chi connectivity index (χ4n) is 3.79. The average Bonchev–Trinajstić information content (AvgIpc) is 3.22. The quantitative estimate of drug-likeness (QED) is 0.841. The van der Waals surface area contributed by atoms with Gasteiger partial charge in [0.1, 0.15) is 6.04 Å². The van der Waals surface area contributed by atoms with Crippen molar-refractivity contribution in [2.24, 2.45) is 0 Å². The van der Waals surface area contributed by atoms with Crippen molar-refractivity contribution in [2.75, 3.05) is 4.90 Å². The van der Waals surface area contributed by atoms with Crippen LogP contribution in [0.1, 0.15) is 47.6 Å². The summed E-state index contributed by atoms with van der Waals surface area (Å²) in [5.74, 6) is -0.211. The minimum Gasteiger partial charge on any atom is -0.351 e. The maximum atomic E-state index is 13.0. The molecular weight excluding hydrogens is 380 g/mol. The lowest BCUT2D eigenvalue weighted by Crippen LogP contribution is -2.42. The highest BCUT2D eigenvalue weighted by Crippen LogP contribution is 2.38. The van der Waals surface area contributed by atoms with Gasteiger partial charge in [-0.15, -0.1) is 0 Å². The van der Waals surface area contributed by atoms with E-state index >= 15 is 0 Å². The van der Waals surface area contributed by atoms with Crippen LogP contribution >= 0.6 is 15.9 Å². The molecule has 2 aromatic rings. The monoisotopic (exact) mass is 398 g/mol. The molecule has 5 heteroatoms. The highest BCUT2D eigenvalue weighted by Gasteiger charge is 2.42. The summed E-state index contributed by atoms with van der Waals surface area (Å²) in [6, 6.07) is 14.5. The van der Waals surface area contributed by atoms with Crippen LogP contribution < -0.4 is 10.2 Å². The molecule has 128 valence electrons. The first-order chi connectivity index (χ1) is 12.1. The van der Waals surface area contributed by atoms with E-state index in [1.54, 1.807) is 11.0 Å². The lowest BCUT2D eigenvalue weighted by Gasteiger charge is -2.26. The molecular formula is C20H19BrN2O2. The van der Waals surface area contributed by atoms with Crippen LogP contribution in [0.3, 0.4) is 0 Å². The van der Waals surface area contributed by atoms with Crippen LogP contribution in [0.15, 0.2) is 53.0 Å². The van der Waals surface area contributed by atoms with E-state index in [2.05, 4.69) is 21.2 Å². The average molecular weight is 399 g/mol. The van der Waals surface area contributed by atoms with Gasteiger partial charge in [-0.1, -0.05) is 47.0 Å². The number of hydrogen-bond donors (Lipinski definition) is 1. The normalized spacial score (nSPS) is 20.0. The molecule has 1 aliphatic heterocycles. The second kappa shape index (κ2) is 6.64. The zero-order chi connectivity index (χ0) is 17.4. The lowest BCUT2D eigenvalue weighted by molar-refractivity contribution is -0.123. The summed E-state index contributed by atoms with van der Waals surface area (Å²) in [6.07, 6.45) is 4.35. The maximum Gasteiger partial charge on any atom is 0.259 e. The number of rotatable bonds is 3. The minimum absolute atomic E-state index is 0.0897. The van der Waals surface area contributed by atoms with E-state index in [-0.39, 0.29) is 17.9 Å². The number of carbonyl (C=O) groups is 2. The fraction of sp³-hybridized carbons (Fsp3) is 0.300. The molecule has 2 amide bonds. The van der Waals surface area contributed by atoms with E-state index in [0.29, 0.717) is 5.56 Å². The first-order valence-electron chi connectivity index (χ1n) is 8.63. The second-order valence-electron chi connectivity index (χ2n) is 6.63. The van der Waals surface area contributed by atoms with Crippen molar-refractivity contribution in [1.82, 2.24) is 5.32 Å². The predicted octanol–water partition coefficient (Wildman–Crippen LogP) is 4.21. The molecule has 4 rings (SSSR count). The summed E-state index contributed by atoms with van der Waals surface area (Å²) in [5, 5.41) is 3.15. The molecule has 4 nitrogen and oxygen atoms in total. The summed E-state index contributed by atoms with van der Waals surface area (Å²) >= 11 is 3.42. The van der Waals surface area contributed by atoms with E-state index in [1.165, 1.54) is 0 Å². The van der Waals surface area contributed by atoms with Crippen molar-refractivity contribution in [3.8, 4) is 0 Å². The van der Waals surface area contributed by atoms with E-state index in [1.807, 2.05) is 42.5 Å².